The van der Waals surface area contributed by atoms with E-state index in [1.807, 2.05) is 70.2 Å². The Labute approximate surface area is 250 Å². The minimum Gasteiger partial charge on any atom is -0.473 e. The maximum absolute atomic E-state index is 12.1. The summed E-state index contributed by atoms with van der Waals surface area (Å²) in [5.41, 5.74) is 4.08. The predicted octanol–water partition coefficient (Wildman–Crippen LogP) is 5.07. The first-order valence-electron chi connectivity index (χ1n) is 13.4. The highest BCUT2D eigenvalue weighted by Gasteiger charge is 2.51. The number of ether oxygens (including phenoxy) is 3. The van der Waals surface area contributed by atoms with Crippen molar-refractivity contribution < 1.29 is 28.3 Å². The Kier molecular flexibility index (Phi) is 9.87. The summed E-state index contributed by atoms with van der Waals surface area (Å²) in [5.74, 6) is 0.179. The van der Waals surface area contributed by atoms with Crippen molar-refractivity contribution in [3.63, 3.8) is 0 Å². The Morgan fingerprint density at radius 3 is 2.39 bits per heavy atom. The van der Waals surface area contributed by atoms with E-state index in [0.29, 0.717) is 35.7 Å². The van der Waals surface area contributed by atoms with Gasteiger partial charge in [0.15, 0.2) is 0 Å². The molecule has 1 aromatic heterocycles. The zero-order chi connectivity index (χ0) is 29.6. The van der Waals surface area contributed by atoms with Crippen LogP contribution in [0, 0.1) is 11.3 Å². The molecule has 1 fully saturated rings. The molecular weight excluding hydrogens is 587 g/mol. The molecule has 214 valence electrons. The lowest BCUT2D eigenvalue weighted by atomic mass is 9.77. The Hall–Kier alpha value is -3.23. The van der Waals surface area contributed by atoms with Gasteiger partial charge >= 0.3 is 13.1 Å². The zero-order valence-corrected chi connectivity index (χ0v) is 25.6. The van der Waals surface area contributed by atoms with E-state index in [2.05, 4.69) is 27.0 Å². The minimum atomic E-state index is -0.526. The van der Waals surface area contributed by atoms with Crippen LogP contribution in [0.3, 0.4) is 0 Å². The molecule has 8 nitrogen and oxygen atoms in total. The third kappa shape index (κ3) is 7.75. The maximum Gasteiger partial charge on any atom is 0.494 e. The van der Waals surface area contributed by atoms with Crippen LogP contribution < -0.4 is 10.2 Å². The first-order valence-corrected chi connectivity index (χ1v) is 14.2. The average Bonchev–Trinajstić information content (AvgIpc) is 3.17. The van der Waals surface area contributed by atoms with Crippen molar-refractivity contribution in [3.8, 4) is 11.9 Å². The molecule has 1 aliphatic rings. The smallest absolute Gasteiger partial charge is 0.473 e. The zero-order valence-electron chi connectivity index (χ0n) is 24.0. The molecule has 0 aliphatic carbocycles. The van der Waals surface area contributed by atoms with Crippen molar-refractivity contribution in [2.24, 2.45) is 0 Å². The molecule has 0 unspecified atom stereocenters. The molecule has 41 heavy (non-hydrogen) atoms. The second-order valence-corrected chi connectivity index (χ2v) is 11.7. The number of benzene rings is 2. The van der Waals surface area contributed by atoms with Crippen LogP contribution in [0.2, 0.25) is 0 Å². The van der Waals surface area contributed by atoms with Crippen molar-refractivity contribution in [2.45, 2.75) is 65.0 Å². The summed E-state index contributed by atoms with van der Waals surface area (Å²) in [6, 6.07) is 19.0. The van der Waals surface area contributed by atoms with Crippen LogP contribution in [0.4, 0.5) is 0 Å². The lowest BCUT2D eigenvalue weighted by Crippen LogP contribution is -2.41. The summed E-state index contributed by atoms with van der Waals surface area (Å²) in [4.78, 5) is 16.4. The van der Waals surface area contributed by atoms with Crippen LogP contribution in [0.15, 0.2) is 59.2 Å². The fourth-order valence-electron chi connectivity index (χ4n) is 4.36. The SMILES string of the molecule is COC(=O)Cc1ccc(B2OC(C)(C)C(C)(C)O2)cc1COCCc1cc(C#N)ccc1COc1cccc(Br)n1. The van der Waals surface area contributed by atoms with Crippen molar-refractivity contribution in [3.05, 3.63) is 87.0 Å². The Morgan fingerprint density at radius 1 is 0.976 bits per heavy atom. The Bertz CT molecular complexity index is 1420. The van der Waals surface area contributed by atoms with Gasteiger partial charge < -0.3 is 23.5 Å². The molecule has 2 heterocycles. The standard InChI is InChI=1S/C31H34BBrN2O6/c1-30(2)31(3,4)41-32(40-30)26-12-11-22(17-29(36)37-5)25(16-26)19-38-14-13-23-15-21(18-34)9-10-24(23)20-39-28-8-6-7-27(33)35-28/h6-12,15-16H,13-14,17,19-20H2,1-5H3. The van der Waals surface area contributed by atoms with Gasteiger partial charge in [0, 0.05) is 6.07 Å². The van der Waals surface area contributed by atoms with E-state index in [4.69, 9.17) is 23.5 Å². The van der Waals surface area contributed by atoms with E-state index in [-0.39, 0.29) is 19.0 Å². The molecule has 4 rings (SSSR count). The maximum atomic E-state index is 12.1. The van der Waals surface area contributed by atoms with E-state index in [1.54, 1.807) is 12.1 Å². The molecule has 0 bridgehead atoms. The normalized spacial score (nSPS) is 15.4. The molecule has 3 aromatic rings. The van der Waals surface area contributed by atoms with E-state index in [9.17, 15) is 10.1 Å². The highest BCUT2D eigenvalue weighted by Crippen LogP contribution is 2.36. The van der Waals surface area contributed by atoms with Crippen molar-refractivity contribution >= 4 is 34.5 Å². The first kappa shape index (κ1) is 30.7. The third-order valence-corrected chi connectivity index (χ3v) is 7.93. The Morgan fingerprint density at radius 2 is 1.71 bits per heavy atom. The Balaban J connectivity index is 1.45. The number of hydrogen-bond donors (Lipinski definition) is 0. The molecule has 10 heteroatoms. The number of methoxy groups -OCH3 is 1. The van der Waals surface area contributed by atoms with Gasteiger partial charge in [-0.1, -0.05) is 30.3 Å². The number of carbonyl (C=O) groups is 1. The predicted molar refractivity (Wildman–Crippen MR) is 159 cm³/mol. The van der Waals surface area contributed by atoms with Crippen molar-refractivity contribution in [2.75, 3.05) is 13.7 Å². The van der Waals surface area contributed by atoms with Crippen LogP contribution in [-0.4, -0.2) is 43.0 Å². The van der Waals surface area contributed by atoms with E-state index in [0.717, 1.165) is 27.7 Å². The number of esters is 1. The summed E-state index contributed by atoms with van der Waals surface area (Å²) in [6.45, 7) is 9.04. The number of nitrogens with zero attached hydrogens (tertiary/aromatic N) is 2. The number of pyridine rings is 1. The molecule has 0 atom stereocenters. The van der Waals surface area contributed by atoms with Crippen LogP contribution in [-0.2, 0) is 49.6 Å². The molecule has 1 saturated heterocycles. The van der Waals surface area contributed by atoms with Gasteiger partial charge in [-0.15, -0.1) is 0 Å². The largest absolute Gasteiger partial charge is 0.494 e. The van der Waals surface area contributed by atoms with Gasteiger partial charge in [-0.2, -0.15) is 5.26 Å². The number of rotatable bonds is 11. The van der Waals surface area contributed by atoms with Gasteiger partial charge in [-0.05, 0) is 96.0 Å². The van der Waals surface area contributed by atoms with Crippen molar-refractivity contribution in [1.29, 1.82) is 5.26 Å². The highest BCUT2D eigenvalue weighted by molar-refractivity contribution is 9.10. The summed E-state index contributed by atoms with van der Waals surface area (Å²) < 4.78 is 30.0. The molecule has 0 N–H and O–H groups in total. The van der Waals surface area contributed by atoms with Gasteiger partial charge in [-0.3, -0.25) is 4.79 Å². The van der Waals surface area contributed by atoms with Crippen LogP contribution in [0.1, 0.15) is 55.5 Å². The fourth-order valence-corrected chi connectivity index (χ4v) is 4.69. The van der Waals surface area contributed by atoms with Gasteiger partial charge in [0.25, 0.3) is 0 Å². The number of hydrogen-bond acceptors (Lipinski definition) is 8. The molecule has 2 aromatic carbocycles. The van der Waals surface area contributed by atoms with E-state index in [1.165, 1.54) is 7.11 Å². The van der Waals surface area contributed by atoms with Gasteiger partial charge in [0.05, 0.1) is 49.6 Å². The quantitative estimate of drug-likeness (QED) is 0.127. The number of halogens is 1. The average molecular weight is 621 g/mol. The van der Waals surface area contributed by atoms with Crippen molar-refractivity contribution in [1.82, 2.24) is 4.98 Å². The summed E-state index contributed by atoms with van der Waals surface area (Å²) in [6.07, 6.45) is 0.706. The summed E-state index contributed by atoms with van der Waals surface area (Å²) in [7, 11) is 0.850. The fraction of sp³-hybridized carbons (Fsp3) is 0.387. The van der Waals surface area contributed by atoms with Crippen LogP contribution in [0.25, 0.3) is 0 Å². The molecule has 0 saturated carbocycles. The lowest BCUT2D eigenvalue weighted by Gasteiger charge is -2.32. The van der Waals surface area contributed by atoms with Crippen LogP contribution >= 0.6 is 15.9 Å². The van der Waals surface area contributed by atoms with Gasteiger partial charge in [-0.25, -0.2) is 4.98 Å². The minimum absolute atomic E-state index is 0.133. The first-order chi connectivity index (χ1) is 19.5. The summed E-state index contributed by atoms with van der Waals surface area (Å²) >= 11 is 3.36. The topological polar surface area (TPSA) is 99.9 Å². The third-order valence-electron chi connectivity index (χ3n) is 7.49. The number of aromatic nitrogens is 1. The van der Waals surface area contributed by atoms with Gasteiger partial charge in [0.2, 0.25) is 5.88 Å². The second kappa shape index (κ2) is 13.2. The highest BCUT2D eigenvalue weighted by atomic mass is 79.9. The van der Waals surface area contributed by atoms with E-state index < -0.39 is 18.3 Å². The second-order valence-electron chi connectivity index (χ2n) is 10.9. The molecule has 1 aliphatic heterocycles. The molecule has 0 radical (unpaired) electrons. The van der Waals surface area contributed by atoms with E-state index >= 15 is 0 Å². The van der Waals surface area contributed by atoms with Gasteiger partial charge in [0.1, 0.15) is 11.2 Å². The summed E-state index contributed by atoms with van der Waals surface area (Å²) in [5, 5.41) is 9.43. The monoisotopic (exact) mass is 620 g/mol. The number of nitriles is 1. The number of carbonyl (C=O) groups excluding carboxylic acids is 1. The van der Waals surface area contributed by atoms with Crippen LogP contribution in [0.5, 0.6) is 5.88 Å². The molecular formula is C31H34BBrN2O6. The molecule has 0 amide bonds. The lowest BCUT2D eigenvalue weighted by molar-refractivity contribution is -0.139. The molecule has 0 spiro atoms.